The maximum absolute atomic E-state index is 14.5. The van der Waals surface area contributed by atoms with Crippen LogP contribution < -0.4 is 0 Å². The maximum Gasteiger partial charge on any atom is 0.310 e. The number of aliphatic hydroxyl groups excluding tert-OH is 1. The van der Waals surface area contributed by atoms with Gasteiger partial charge in [0.05, 0.1) is 36.4 Å². The zero-order valence-electron chi connectivity index (χ0n) is 24.0. The highest BCUT2D eigenvalue weighted by atomic mass is 32.2. The van der Waals surface area contributed by atoms with E-state index in [9.17, 15) is 19.5 Å². The van der Waals surface area contributed by atoms with Gasteiger partial charge in [0.25, 0.3) is 0 Å². The molecule has 3 unspecified atom stereocenters. The number of aliphatic hydroxyl groups is 1. The molecule has 40 heavy (non-hydrogen) atoms. The molecule has 6 atom stereocenters. The van der Waals surface area contributed by atoms with Crippen LogP contribution in [0.25, 0.3) is 0 Å². The van der Waals surface area contributed by atoms with Crippen molar-refractivity contribution in [2.24, 2.45) is 17.8 Å². The first-order valence-corrected chi connectivity index (χ1v) is 15.8. The topological polar surface area (TPSA) is 99.6 Å². The van der Waals surface area contributed by atoms with E-state index in [2.05, 4.69) is 25.0 Å². The number of morpholine rings is 1. The molecule has 9 nitrogen and oxygen atoms in total. The van der Waals surface area contributed by atoms with Gasteiger partial charge in [0.2, 0.25) is 11.8 Å². The molecule has 2 bridgehead atoms. The summed E-state index contributed by atoms with van der Waals surface area (Å²) in [5, 5.41) is 9.39. The Morgan fingerprint density at radius 2 is 1.95 bits per heavy atom. The molecule has 0 aromatic rings. The van der Waals surface area contributed by atoms with Crippen molar-refractivity contribution in [2.75, 3.05) is 65.7 Å². The molecular weight excluding hydrogens is 530 g/mol. The van der Waals surface area contributed by atoms with Gasteiger partial charge in [0.15, 0.2) is 0 Å². The van der Waals surface area contributed by atoms with Gasteiger partial charge in [0, 0.05) is 51.1 Å². The Labute approximate surface area is 243 Å². The second-order valence-corrected chi connectivity index (χ2v) is 13.0. The minimum Gasteiger partial charge on any atom is -0.465 e. The third kappa shape index (κ3) is 6.15. The van der Waals surface area contributed by atoms with Crippen LogP contribution in [0, 0.1) is 17.8 Å². The van der Waals surface area contributed by atoms with Gasteiger partial charge < -0.3 is 24.4 Å². The fourth-order valence-electron chi connectivity index (χ4n) is 7.07. The number of thioether (sulfide) groups is 1. The number of carbonyl (C=O) groups is 3. The molecule has 4 aliphatic rings. The van der Waals surface area contributed by atoms with Gasteiger partial charge >= 0.3 is 5.97 Å². The van der Waals surface area contributed by atoms with Gasteiger partial charge in [-0.2, -0.15) is 0 Å². The van der Waals surface area contributed by atoms with Gasteiger partial charge in [-0.05, 0) is 44.4 Å². The summed E-state index contributed by atoms with van der Waals surface area (Å²) in [6.45, 7) is 15.3. The van der Waals surface area contributed by atoms with Crippen molar-refractivity contribution in [1.82, 2.24) is 14.7 Å². The molecule has 1 spiro atoms. The third-order valence-electron chi connectivity index (χ3n) is 9.06. The Morgan fingerprint density at radius 3 is 2.65 bits per heavy atom. The van der Waals surface area contributed by atoms with Crippen LogP contribution in [0.5, 0.6) is 0 Å². The fraction of sp³-hybridized carbons (Fsp3) is 0.767. The third-order valence-corrected chi connectivity index (χ3v) is 11.1. The van der Waals surface area contributed by atoms with Gasteiger partial charge in [0.1, 0.15) is 6.04 Å². The van der Waals surface area contributed by atoms with Crippen LogP contribution in [0.3, 0.4) is 0 Å². The summed E-state index contributed by atoms with van der Waals surface area (Å²) in [7, 11) is 0. The molecule has 1 N–H and O–H groups in total. The molecule has 4 saturated heterocycles. The minimum absolute atomic E-state index is 0.0271. The first-order valence-electron chi connectivity index (χ1n) is 15.0. The van der Waals surface area contributed by atoms with E-state index in [0.717, 1.165) is 45.3 Å². The predicted octanol–water partition coefficient (Wildman–Crippen LogP) is 2.34. The van der Waals surface area contributed by atoms with E-state index in [1.807, 2.05) is 11.0 Å². The number of rotatable bonds is 16. The molecule has 224 valence electrons. The molecule has 0 saturated carbocycles. The van der Waals surface area contributed by atoms with Gasteiger partial charge in [-0.15, -0.1) is 24.9 Å². The number of likely N-dealkylation sites (tertiary alicyclic amines) is 1. The number of ether oxygens (including phenoxy) is 2. The van der Waals surface area contributed by atoms with Gasteiger partial charge in [-0.1, -0.05) is 19.1 Å². The quantitative estimate of drug-likeness (QED) is 0.170. The Kier molecular flexibility index (Phi) is 11.1. The first kappa shape index (κ1) is 31.1. The lowest BCUT2D eigenvalue weighted by Crippen LogP contribution is -2.58. The number of esters is 1. The molecule has 10 heteroatoms. The number of allylic oxidation sites excluding steroid dienone is 1. The Balaban J connectivity index is 1.58. The number of carbonyl (C=O) groups excluding carboxylic acids is 3. The number of amides is 2. The standard InChI is InChI=1S/C30H47N3O6S/c1-4-6-7-10-18-39-29(37)24-23-21-22(3)30(40-23)25(24)27(35)33(12-8-9-17-34)26(30)28(36)32(11-5-2)14-13-31-15-19-38-20-16-31/h4-5,22-26,34H,1-2,6-21H2,3H3/t22?,23-,24+,25+,26?,30?/m1/s1. The van der Waals surface area contributed by atoms with Crippen LogP contribution in [-0.2, 0) is 23.9 Å². The molecule has 2 amide bonds. The van der Waals surface area contributed by atoms with Crippen molar-refractivity contribution in [1.29, 1.82) is 0 Å². The van der Waals surface area contributed by atoms with Crippen LogP contribution in [0.1, 0.15) is 45.4 Å². The van der Waals surface area contributed by atoms with E-state index in [1.54, 1.807) is 22.7 Å². The average Bonchev–Trinajstić information content (AvgIpc) is 3.55. The Bertz CT molecular complexity index is 927. The largest absolute Gasteiger partial charge is 0.465 e. The summed E-state index contributed by atoms with van der Waals surface area (Å²) in [4.78, 5) is 47.9. The second kappa shape index (κ2) is 14.3. The zero-order chi connectivity index (χ0) is 28.7. The van der Waals surface area contributed by atoms with Crippen molar-refractivity contribution in [3.05, 3.63) is 25.3 Å². The number of hydrogen-bond acceptors (Lipinski definition) is 8. The Hall–Kier alpha value is -1.88. The normalized spacial score (nSPS) is 31.3. The summed E-state index contributed by atoms with van der Waals surface area (Å²) < 4.78 is 10.5. The lowest BCUT2D eigenvalue weighted by Gasteiger charge is -2.41. The van der Waals surface area contributed by atoms with E-state index in [-0.39, 0.29) is 35.6 Å². The molecule has 0 aromatic carbocycles. The minimum atomic E-state index is -0.664. The van der Waals surface area contributed by atoms with Crippen molar-refractivity contribution < 1.29 is 29.0 Å². The monoisotopic (exact) mass is 577 g/mol. The summed E-state index contributed by atoms with van der Waals surface area (Å²) in [6, 6.07) is -0.649. The molecule has 0 radical (unpaired) electrons. The van der Waals surface area contributed by atoms with E-state index >= 15 is 0 Å². The van der Waals surface area contributed by atoms with E-state index in [0.29, 0.717) is 52.3 Å². The van der Waals surface area contributed by atoms with E-state index in [1.165, 1.54) is 0 Å². The maximum atomic E-state index is 14.5. The fourth-order valence-corrected chi connectivity index (χ4v) is 9.47. The molecule has 4 fully saturated rings. The molecular formula is C30H47N3O6S. The highest BCUT2D eigenvalue weighted by molar-refractivity contribution is 8.02. The Morgan fingerprint density at radius 1 is 1.18 bits per heavy atom. The highest BCUT2D eigenvalue weighted by Gasteiger charge is 2.76. The van der Waals surface area contributed by atoms with Crippen molar-refractivity contribution in [2.45, 2.75) is 61.5 Å². The summed E-state index contributed by atoms with van der Waals surface area (Å²) >= 11 is 1.68. The van der Waals surface area contributed by atoms with Gasteiger partial charge in [-0.3, -0.25) is 19.3 Å². The molecule has 4 aliphatic heterocycles. The van der Waals surface area contributed by atoms with Crippen molar-refractivity contribution >= 4 is 29.5 Å². The highest BCUT2D eigenvalue weighted by Crippen LogP contribution is 2.68. The van der Waals surface area contributed by atoms with Crippen molar-refractivity contribution in [3.8, 4) is 0 Å². The average molecular weight is 578 g/mol. The number of nitrogens with zero attached hydrogens (tertiary/aromatic N) is 3. The van der Waals surface area contributed by atoms with E-state index in [4.69, 9.17) is 9.47 Å². The van der Waals surface area contributed by atoms with Crippen molar-refractivity contribution in [3.63, 3.8) is 0 Å². The molecule has 4 rings (SSSR count). The molecule has 0 aromatic heterocycles. The summed E-state index contributed by atoms with van der Waals surface area (Å²) in [5.74, 6) is -1.48. The lowest BCUT2D eigenvalue weighted by molar-refractivity contribution is -0.154. The van der Waals surface area contributed by atoms with Crippen LogP contribution in [0.15, 0.2) is 25.3 Å². The predicted molar refractivity (Wildman–Crippen MR) is 156 cm³/mol. The number of unbranched alkanes of at least 4 members (excludes halogenated alkanes) is 3. The smallest absolute Gasteiger partial charge is 0.310 e. The second-order valence-electron chi connectivity index (χ2n) is 11.5. The first-order chi connectivity index (χ1) is 19.4. The van der Waals surface area contributed by atoms with Crippen LogP contribution in [-0.4, -0.2) is 119 Å². The van der Waals surface area contributed by atoms with Crippen LogP contribution in [0.4, 0.5) is 0 Å². The summed E-state index contributed by atoms with van der Waals surface area (Å²) in [6.07, 6.45) is 8.08. The van der Waals surface area contributed by atoms with Crippen LogP contribution >= 0.6 is 11.8 Å². The lowest BCUT2D eigenvalue weighted by atomic mass is 9.66. The number of hydrogen-bond donors (Lipinski definition) is 1. The summed E-state index contributed by atoms with van der Waals surface area (Å²) in [5.41, 5.74) is 0. The zero-order valence-corrected chi connectivity index (χ0v) is 24.8. The van der Waals surface area contributed by atoms with Gasteiger partial charge in [-0.25, -0.2) is 0 Å². The SMILES string of the molecule is C=CCCCCOC(=O)[C@@H]1[C@H]2C(=O)N(CCCCO)C(C(=O)N(CC=C)CCN3CCOCC3)C23S[C@@H]1CC3C. The molecule has 4 heterocycles. The van der Waals surface area contributed by atoms with E-state index < -0.39 is 22.6 Å². The number of fused-ring (bicyclic) bond motifs is 1. The molecule has 0 aliphatic carbocycles. The van der Waals surface area contributed by atoms with Crippen LogP contribution in [0.2, 0.25) is 0 Å².